The van der Waals surface area contributed by atoms with Gasteiger partial charge < -0.3 is 23.7 Å². The lowest BCUT2D eigenvalue weighted by molar-refractivity contribution is 0.0240. The summed E-state index contributed by atoms with van der Waals surface area (Å²) in [6, 6.07) is 6.48. The first-order valence-electron chi connectivity index (χ1n) is 9.55. The van der Waals surface area contributed by atoms with Crippen molar-refractivity contribution in [2.45, 2.75) is 25.0 Å². The Morgan fingerprint density at radius 3 is 2.47 bits per heavy atom. The van der Waals surface area contributed by atoms with Crippen LogP contribution in [-0.2, 0) is 6.42 Å². The van der Waals surface area contributed by atoms with Crippen molar-refractivity contribution >= 4 is 11.6 Å². The molecule has 0 amide bonds. The second kappa shape index (κ2) is 6.26. The van der Waals surface area contributed by atoms with Crippen LogP contribution in [0.2, 0.25) is 0 Å². The molecule has 3 aliphatic heterocycles. The highest BCUT2D eigenvalue weighted by atomic mass is 16.6. The monoisotopic (exact) mass is 408 g/mol. The lowest BCUT2D eigenvalue weighted by Gasteiger charge is -2.31. The van der Waals surface area contributed by atoms with Crippen LogP contribution in [0.15, 0.2) is 36.4 Å². The van der Waals surface area contributed by atoms with E-state index in [0.29, 0.717) is 40.7 Å². The van der Waals surface area contributed by atoms with Gasteiger partial charge in [0.25, 0.3) is 5.60 Å². The van der Waals surface area contributed by atoms with E-state index in [-0.39, 0.29) is 18.3 Å². The zero-order valence-electron chi connectivity index (χ0n) is 16.9. The van der Waals surface area contributed by atoms with Crippen molar-refractivity contribution in [1.29, 1.82) is 0 Å². The highest BCUT2D eigenvalue weighted by Crippen LogP contribution is 2.49. The molecule has 30 heavy (non-hydrogen) atoms. The summed E-state index contributed by atoms with van der Waals surface area (Å²) >= 11 is 0. The SMILES string of the molecule is C=C(C)C1Cc2c(ccc3c2OC2(COc4cc(OC)c(OC)cc4C2=O)C3=O)O1. The zero-order valence-corrected chi connectivity index (χ0v) is 16.9. The number of rotatable bonds is 3. The van der Waals surface area contributed by atoms with E-state index in [9.17, 15) is 9.59 Å². The third kappa shape index (κ3) is 2.32. The molecule has 7 heteroatoms. The van der Waals surface area contributed by atoms with Crippen LogP contribution in [0.4, 0.5) is 0 Å². The van der Waals surface area contributed by atoms with Crippen molar-refractivity contribution in [2.75, 3.05) is 20.8 Å². The van der Waals surface area contributed by atoms with E-state index >= 15 is 0 Å². The molecule has 2 unspecified atom stereocenters. The average molecular weight is 408 g/mol. The Balaban J connectivity index is 1.57. The Bertz CT molecular complexity index is 1130. The molecule has 1 spiro atoms. The molecule has 154 valence electrons. The molecule has 0 fully saturated rings. The van der Waals surface area contributed by atoms with Crippen LogP contribution in [0.5, 0.6) is 28.7 Å². The molecular formula is C23H20O7. The molecule has 3 aliphatic rings. The molecule has 7 nitrogen and oxygen atoms in total. The summed E-state index contributed by atoms with van der Waals surface area (Å²) in [5, 5.41) is 0. The predicted molar refractivity (Wildman–Crippen MR) is 106 cm³/mol. The fourth-order valence-electron chi connectivity index (χ4n) is 4.17. The van der Waals surface area contributed by atoms with Gasteiger partial charge in [-0.05, 0) is 30.7 Å². The molecule has 0 aliphatic carbocycles. The van der Waals surface area contributed by atoms with Gasteiger partial charge in [-0.2, -0.15) is 0 Å². The largest absolute Gasteiger partial charge is 0.493 e. The van der Waals surface area contributed by atoms with Crippen molar-refractivity contribution in [3.8, 4) is 28.7 Å². The minimum absolute atomic E-state index is 0.183. The van der Waals surface area contributed by atoms with Gasteiger partial charge in [0.15, 0.2) is 11.5 Å². The summed E-state index contributed by atoms with van der Waals surface area (Å²) in [7, 11) is 2.97. The number of hydrogen-bond acceptors (Lipinski definition) is 7. The van der Waals surface area contributed by atoms with Gasteiger partial charge in [0.2, 0.25) is 11.6 Å². The van der Waals surface area contributed by atoms with Gasteiger partial charge in [-0.25, -0.2) is 0 Å². The van der Waals surface area contributed by atoms with Crippen molar-refractivity contribution in [3.05, 3.63) is 53.1 Å². The lowest BCUT2D eigenvalue weighted by atomic mass is 9.85. The minimum atomic E-state index is -1.76. The number of ether oxygens (including phenoxy) is 5. The Morgan fingerprint density at radius 1 is 1.07 bits per heavy atom. The third-order valence-corrected chi connectivity index (χ3v) is 5.84. The molecule has 2 atom stereocenters. The van der Waals surface area contributed by atoms with E-state index in [1.807, 2.05) is 6.92 Å². The van der Waals surface area contributed by atoms with Crippen LogP contribution in [0, 0.1) is 0 Å². The number of ketones is 2. The van der Waals surface area contributed by atoms with Gasteiger partial charge in [0.05, 0.1) is 25.3 Å². The first-order chi connectivity index (χ1) is 14.4. The molecule has 0 saturated heterocycles. The van der Waals surface area contributed by atoms with Crippen LogP contribution in [0.3, 0.4) is 0 Å². The number of carbonyl (C=O) groups is 2. The van der Waals surface area contributed by atoms with Crippen molar-refractivity contribution in [1.82, 2.24) is 0 Å². The Labute approximate surface area is 173 Å². The Morgan fingerprint density at radius 2 is 1.77 bits per heavy atom. The second-order valence-corrected chi connectivity index (χ2v) is 7.66. The summed E-state index contributed by atoms with van der Waals surface area (Å²) < 4.78 is 28.4. The molecular weight excluding hydrogens is 388 g/mol. The molecule has 2 aromatic carbocycles. The van der Waals surface area contributed by atoms with Gasteiger partial charge in [-0.15, -0.1) is 0 Å². The second-order valence-electron chi connectivity index (χ2n) is 7.66. The fraction of sp³-hybridized carbons (Fsp3) is 0.304. The first kappa shape index (κ1) is 18.5. The lowest BCUT2D eigenvalue weighted by Crippen LogP contribution is -2.55. The topological polar surface area (TPSA) is 80.3 Å². The molecule has 0 saturated carbocycles. The van der Waals surface area contributed by atoms with E-state index in [1.54, 1.807) is 18.2 Å². The summed E-state index contributed by atoms with van der Waals surface area (Å²) in [6.07, 6.45) is 0.353. The van der Waals surface area contributed by atoms with Crippen LogP contribution < -0.4 is 23.7 Å². The average Bonchev–Trinajstić information content (AvgIpc) is 3.30. The number of benzene rings is 2. The van der Waals surface area contributed by atoms with Crippen LogP contribution in [0.1, 0.15) is 33.2 Å². The van der Waals surface area contributed by atoms with Crippen LogP contribution >= 0.6 is 0 Å². The maximum Gasteiger partial charge on any atom is 0.267 e. The molecule has 0 aromatic heterocycles. The predicted octanol–water partition coefficient (Wildman–Crippen LogP) is 3.17. The summed E-state index contributed by atoms with van der Waals surface area (Å²) in [6.45, 7) is 5.62. The summed E-state index contributed by atoms with van der Waals surface area (Å²) in [4.78, 5) is 26.8. The maximum absolute atomic E-state index is 13.5. The van der Waals surface area contributed by atoms with Crippen molar-refractivity contribution in [2.24, 2.45) is 0 Å². The van der Waals surface area contributed by atoms with Gasteiger partial charge >= 0.3 is 0 Å². The maximum atomic E-state index is 13.5. The Kier molecular flexibility index (Phi) is 3.87. The van der Waals surface area contributed by atoms with Crippen LogP contribution in [-0.4, -0.2) is 44.1 Å². The quantitative estimate of drug-likeness (QED) is 0.570. The highest BCUT2D eigenvalue weighted by molar-refractivity contribution is 6.27. The number of Topliss-reactive ketones (excluding diaryl/α,β-unsaturated/α-hetero) is 2. The van der Waals surface area contributed by atoms with Crippen molar-refractivity contribution < 1.29 is 33.3 Å². The van der Waals surface area contributed by atoms with E-state index in [4.69, 9.17) is 23.7 Å². The third-order valence-electron chi connectivity index (χ3n) is 5.84. The standard InChI is InChI=1S/C23H20O7/c1-11(2)16-7-13-15(29-16)6-5-12-20(13)30-23(21(12)24)10-28-17-9-19(27-4)18(26-3)8-14(17)22(23)25/h5-6,8-9,16H,1,7,10H2,2-4H3. The number of carbonyl (C=O) groups excluding carboxylic acids is 2. The number of hydrogen-bond donors (Lipinski definition) is 0. The first-order valence-corrected chi connectivity index (χ1v) is 9.55. The molecule has 2 aromatic rings. The van der Waals surface area contributed by atoms with Gasteiger partial charge in [-0.3, -0.25) is 9.59 Å². The zero-order chi connectivity index (χ0) is 21.2. The van der Waals surface area contributed by atoms with E-state index in [0.717, 1.165) is 11.1 Å². The van der Waals surface area contributed by atoms with E-state index in [2.05, 4.69) is 6.58 Å². The molecule has 0 N–H and O–H groups in total. The molecule has 0 bridgehead atoms. The van der Waals surface area contributed by atoms with Gasteiger partial charge in [0.1, 0.15) is 30.0 Å². The van der Waals surface area contributed by atoms with Crippen molar-refractivity contribution in [3.63, 3.8) is 0 Å². The van der Waals surface area contributed by atoms with Gasteiger partial charge in [-0.1, -0.05) is 6.58 Å². The van der Waals surface area contributed by atoms with E-state index < -0.39 is 17.2 Å². The summed E-state index contributed by atoms with van der Waals surface area (Å²) in [5.41, 5.74) is 0.474. The number of fused-ring (bicyclic) bond motifs is 4. The number of methoxy groups -OCH3 is 2. The minimum Gasteiger partial charge on any atom is -0.493 e. The smallest absolute Gasteiger partial charge is 0.267 e. The highest BCUT2D eigenvalue weighted by Gasteiger charge is 2.59. The molecule has 3 heterocycles. The van der Waals surface area contributed by atoms with Gasteiger partial charge in [0, 0.05) is 18.1 Å². The summed E-state index contributed by atoms with van der Waals surface area (Å²) in [5.74, 6) is 1.28. The fourth-order valence-corrected chi connectivity index (χ4v) is 4.17. The normalized spacial score (nSPS) is 23.1. The molecule has 5 rings (SSSR count). The Hall–Kier alpha value is -3.48. The van der Waals surface area contributed by atoms with E-state index in [1.165, 1.54) is 20.3 Å². The van der Waals surface area contributed by atoms with Crippen LogP contribution in [0.25, 0.3) is 0 Å². The molecule has 0 radical (unpaired) electrons.